The van der Waals surface area contributed by atoms with Gasteiger partial charge >= 0.3 is 0 Å². The van der Waals surface area contributed by atoms with Crippen LogP contribution in [0.5, 0.6) is 17.2 Å². The molecule has 1 aromatic heterocycles. The molecule has 28 heavy (non-hydrogen) atoms. The van der Waals surface area contributed by atoms with Crippen molar-refractivity contribution < 1.29 is 19.0 Å². The smallest absolute Gasteiger partial charge is 0.267 e. The molecule has 1 heterocycles. The number of thiazole rings is 1. The normalized spacial score (nSPS) is 10.4. The number of carbonyl (C=O) groups excluding carboxylic acids is 1. The number of carbonyl (C=O) groups is 1. The number of anilines is 1. The Morgan fingerprint density at radius 2 is 1.89 bits per heavy atom. The van der Waals surface area contributed by atoms with Crippen LogP contribution in [0.4, 0.5) is 5.69 Å². The number of amides is 1. The van der Waals surface area contributed by atoms with Gasteiger partial charge in [0, 0.05) is 6.07 Å². The Labute approximate surface area is 168 Å². The zero-order valence-electron chi connectivity index (χ0n) is 16.2. The minimum atomic E-state index is -0.236. The maximum Gasteiger partial charge on any atom is 0.267 e. The van der Waals surface area contributed by atoms with E-state index in [-0.39, 0.29) is 5.91 Å². The van der Waals surface area contributed by atoms with E-state index in [4.69, 9.17) is 14.2 Å². The number of rotatable bonds is 7. The van der Waals surface area contributed by atoms with Crippen LogP contribution < -0.4 is 19.5 Å². The molecule has 1 N–H and O–H groups in total. The lowest BCUT2D eigenvalue weighted by Gasteiger charge is -2.11. The number of aryl methyl sites for hydroxylation is 2. The fourth-order valence-corrected chi connectivity index (χ4v) is 3.53. The summed E-state index contributed by atoms with van der Waals surface area (Å²) in [5, 5.41) is 3.62. The summed E-state index contributed by atoms with van der Waals surface area (Å²) in [5.41, 5.74) is 2.36. The van der Waals surface area contributed by atoms with Gasteiger partial charge in [-0.3, -0.25) is 4.79 Å². The van der Waals surface area contributed by atoms with E-state index < -0.39 is 0 Å². The molecule has 0 saturated heterocycles. The Balaban J connectivity index is 1.71. The van der Waals surface area contributed by atoms with Gasteiger partial charge in [-0.15, -0.1) is 11.3 Å². The number of nitrogens with zero attached hydrogens (tertiary/aromatic N) is 1. The molecule has 146 valence electrons. The van der Waals surface area contributed by atoms with Gasteiger partial charge in [0.15, 0.2) is 0 Å². The van der Waals surface area contributed by atoms with Crippen molar-refractivity contribution >= 4 is 22.9 Å². The molecule has 6 nitrogen and oxygen atoms in total. The molecule has 0 fully saturated rings. The van der Waals surface area contributed by atoms with Crippen molar-refractivity contribution in [3.8, 4) is 17.2 Å². The predicted molar refractivity (Wildman–Crippen MR) is 110 cm³/mol. The first-order valence-corrected chi connectivity index (χ1v) is 9.51. The van der Waals surface area contributed by atoms with Crippen LogP contribution in [-0.4, -0.2) is 25.1 Å². The van der Waals surface area contributed by atoms with E-state index >= 15 is 0 Å². The average Bonchev–Trinajstić information content (AvgIpc) is 3.07. The van der Waals surface area contributed by atoms with Crippen molar-refractivity contribution in [3.63, 3.8) is 0 Å². The van der Waals surface area contributed by atoms with Crippen LogP contribution >= 0.6 is 11.3 Å². The lowest BCUT2D eigenvalue weighted by atomic mass is 10.2. The second-order valence-corrected chi connectivity index (χ2v) is 7.23. The molecule has 0 unspecified atom stereocenters. The molecule has 3 aromatic rings. The summed E-state index contributed by atoms with van der Waals surface area (Å²) in [6, 6.07) is 13.0. The van der Waals surface area contributed by atoms with Gasteiger partial charge in [-0.25, -0.2) is 4.98 Å². The molecule has 0 aliphatic heterocycles. The maximum absolute atomic E-state index is 12.7. The molecule has 0 spiro atoms. The fourth-order valence-electron chi connectivity index (χ4n) is 2.66. The first-order chi connectivity index (χ1) is 13.5. The lowest BCUT2D eigenvalue weighted by molar-refractivity contribution is 0.102. The lowest BCUT2D eigenvalue weighted by Crippen LogP contribution is -2.12. The van der Waals surface area contributed by atoms with Crippen molar-refractivity contribution in [2.24, 2.45) is 0 Å². The molecule has 0 aliphatic carbocycles. The van der Waals surface area contributed by atoms with E-state index in [1.807, 2.05) is 38.1 Å². The third-order valence-corrected chi connectivity index (χ3v) is 5.19. The van der Waals surface area contributed by atoms with Gasteiger partial charge in [-0.1, -0.05) is 12.1 Å². The van der Waals surface area contributed by atoms with Crippen molar-refractivity contribution in [3.05, 3.63) is 63.6 Å². The van der Waals surface area contributed by atoms with Crippen molar-refractivity contribution in [2.45, 2.75) is 20.5 Å². The minimum absolute atomic E-state index is 0.236. The predicted octanol–water partition coefficient (Wildman–Crippen LogP) is 4.61. The number of nitrogens with one attached hydrogen (secondary N) is 1. The van der Waals surface area contributed by atoms with Crippen LogP contribution in [-0.2, 0) is 6.61 Å². The van der Waals surface area contributed by atoms with Crippen molar-refractivity contribution in [1.82, 2.24) is 4.98 Å². The van der Waals surface area contributed by atoms with Gasteiger partial charge in [0.2, 0.25) is 0 Å². The molecular formula is C21H22N2O4S. The molecule has 0 bridgehead atoms. The van der Waals surface area contributed by atoms with Gasteiger partial charge in [-0.2, -0.15) is 0 Å². The largest absolute Gasteiger partial charge is 0.497 e. The Bertz CT molecular complexity index is 984. The zero-order chi connectivity index (χ0) is 20.1. The molecule has 1 amide bonds. The summed E-state index contributed by atoms with van der Waals surface area (Å²) >= 11 is 1.32. The summed E-state index contributed by atoms with van der Waals surface area (Å²) in [6.07, 6.45) is 0. The number of aromatic nitrogens is 1. The SMILES string of the molecule is COc1ccc(NC(=O)c2sc(COc3cccc(C)c3)nc2C)c(OC)c1. The average molecular weight is 398 g/mol. The number of benzene rings is 2. The maximum atomic E-state index is 12.7. The second kappa shape index (κ2) is 8.75. The molecule has 0 saturated carbocycles. The van der Waals surface area contributed by atoms with Crippen LogP contribution in [0.25, 0.3) is 0 Å². The summed E-state index contributed by atoms with van der Waals surface area (Å²) in [5.74, 6) is 1.72. The highest BCUT2D eigenvalue weighted by Crippen LogP contribution is 2.30. The third kappa shape index (κ3) is 4.61. The van der Waals surface area contributed by atoms with Crippen LogP contribution in [0.1, 0.15) is 25.9 Å². The van der Waals surface area contributed by atoms with Crippen molar-refractivity contribution in [1.29, 1.82) is 0 Å². The first kappa shape index (κ1) is 19.7. The zero-order valence-corrected chi connectivity index (χ0v) is 17.1. The Morgan fingerprint density at radius 1 is 1.07 bits per heavy atom. The summed E-state index contributed by atoms with van der Waals surface area (Å²) in [6.45, 7) is 4.14. The van der Waals surface area contributed by atoms with Gasteiger partial charge in [0.25, 0.3) is 5.91 Å². The fraction of sp³-hybridized carbons (Fsp3) is 0.238. The number of methoxy groups -OCH3 is 2. The van der Waals surface area contributed by atoms with Gasteiger partial charge in [0.1, 0.15) is 33.7 Å². The first-order valence-electron chi connectivity index (χ1n) is 8.69. The van der Waals surface area contributed by atoms with Crippen LogP contribution in [0.2, 0.25) is 0 Å². The van der Waals surface area contributed by atoms with E-state index in [2.05, 4.69) is 10.3 Å². The number of hydrogen-bond donors (Lipinski definition) is 1. The minimum Gasteiger partial charge on any atom is -0.497 e. The molecule has 7 heteroatoms. The van der Waals surface area contributed by atoms with Crippen LogP contribution in [0, 0.1) is 13.8 Å². The van der Waals surface area contributed by atoms with E-state index in [0.29, 0.717) is 34.4 Å². The van der Waals surface area contributed by atoms with Gasteiger partial charge < -0.3 is 19.5 Å². The highest BCUT2D eigenvalue weighted by Gasteiger charge is 2.17. The Hall–Kier alpha value is -3.06. The van der Waals surface area contributed by atoms with Crippen LogP contribution in [0.3, 0.4) is 0 Å². The molecule has 0 atom stereocenters. The molecular weight excluding hydrogens is 376 g/mol. The van der Waals surface area contributed by atoms with Crippen LogP contribution in [0.15, 0.2) is 42.5 Å². The van der Waals surface area contributed by atoms with E-state index in [1.54, 1.807) is 32.4 Å². The third-order valence-electron chi connectivity index (χ3n) is 4.06. The molecule has 0 radical (unpaired) electrons. The second-order valence-electron chi connectivity index (χ2n) is 6.15. The standard InChI is InChI=1S/C21H22N2O4S/c1-13-6-5-7-16(10-13)27-12-19-22-14(2)20(28-19)21(24)23-17-9-8-15(25-3)11-18(17)26-4/h5-11H,12H2,1-4H3,(H,23,24). The van der Waals surface area contributed by atoms with Gasteiger partial charge in [-0.05, 0) is 43.7 Å². The quantitative estimate of drug-likeness (QED) is 0.629. The highest BCUT2D eigenvalue weighted by molar-refractivity contribution is 7.13. The van der Waals surface area contributed by atoms with E-state index in [1.165, 1.54) is 11.3 Å². The number of hydrogen-bond acceptors (Lipinski definition) is 6. The topological polar surface area (TPSA) is 69.7 Å². The van der Waals surface area contributed by atoms with Crippen molar-refractivity contribution in [2.75, 3.05) is 19.5 Å². The number of ether oxygens (including phenoxy) is 3. The Kier molecular flexibility index (Phi) is 6.16. The summed E-state index contributed by atoms with van der Waals surface area (Å²) in [7, 11) is 3.12. The Morgan fingerprint density at radius 3 is 2.61 bits per heavy atom. The molecule has 3 rings (SSSR count). The van der Waals surface area contributed by atoms with Gasteiger partial charge in [0.05, 0.1) is 25.6 Å². The monoisotopic (exact) mass is 398 g/mol. The molecule has 2 aromatic carbocycles. The summed E-state index contributed by atoms with van der Waals surface area (Å²) < 4.78 is 16.3. The molecule has 0 aliphatic rings. The van der Waals surface area contributed by atoms with E-state index in [0.717, 1.165) is 16.3 Å². The van der Waals surface area contributed by atoms with E-state index in [9.17, 15) is 4.79 Å². The highest BCUT2D eigenvalue weighted by atomic mass is 32.1. The summed E-state index contributed by atoms with van der Waals surface area (Å²) in [4.78, 5) is 17.7.